The lowest BCUT2D eigenvalue weighted by Crippen LogP contribution is -2.22. The van der Waals surface area contributed by atoms with Crippen molar-refractivity contribution in [3.63, 3.8) is 0 Å². The second kappa shape index (κ2) is 6.12. The van der Waals surface area contributed by atoms with Crippen molar-refractivity contribution < 1.29 is 4.79 Å². The van der Waals surface area contributed by atoms with Crippen LogP contribution in [0.15, 0.2) is 47.6 Å². The minimum Gasteiger partial charge on any atom is -0.298 e. The normalized spacial score (nSPS) is 11.8. The Morgan fingerprint density at radius 3 is 2.65 bits per heavy atom. The molecule has 23 heavy (non-hydrogen) atoms. The van der Waals surface area contributed by atoms with E-state index in [4.69, 9.17) is 0 Å². The number of hydrogen-bond acceptors (Lipinski definition) is 5. The first kappa shape index (κ1) is 15.7. The lowest BCUT2D eigenvalue weighted by atomic mass is 9.92. The Bertz CT molecular complexity index is 846. The summed E-state index contributed by atoms with van der Waals surface area (Å²) in [7, 11) is 0. The molecule has 0 fully saturated rings. The van der Waals surface area contributed by atoms with Crippen LogP contribution in [0.25, 0.3) is 16.5 Å². The first-order valence-corrected chi connectivity index (χ1v) is 8.38. The van der Waals surface area contributed by atoms with E-state index in [-0.39, 0.29) is 11.2 Å². The fourth-order valence-corrected chi connectivity index (χ4v) is 3.20. The standard InChI is InChI=1S/C17H18N4OS/c1-17(2,3)15(22)11-23-16-18-19-20-21(16)14-10-6-8-12-7-4-5-9-13(12)14/h4-10H,11H2,1-3H3. The Kier molecular flexibility index (Phi) is 4.17. The number of thioether (sulfide) groups is 1. The van der Waals surface area contributed by atoms with Crippen LogP contribution in [0.3, 0.4) is 0 Å². The van der Waals surface area contributed by atoms with Crippen LogP contribution in [-0.2, 0) is 4.79 Å². The maximum absolute atomic E-state index is 12.1. The molecule has 0 unspecified atom stereocenters. The number of Topliss-reactive ketones (excluding diaryl/α,β-unsaturated/α-hetero) is 1. The molecule has 0 radical (unpaired) electrons. The number of carbonyl (C=O) groups excluding carboxylic acids is 1. The Morgan fingerprint density at radius 2 is 1.87 bits per heavy atom. The van der Waals surface area contributed by atoms with Crippen LogP contribution in [0.5, 0.6) is 0 Å². The number of tetrazole rings is 1. The molecule has 3 aromatic rings. The van der Waals surface area contributed by atoms with Gasteiger partial charge >= 0.3 is 0 Å². The molecule has 1 aromatic heterocycles. The fourth-order valence-electron chi connectivity index (χ4n) is 2.16. The highest BCUT2D eigenvalue weighted by atomic mass is 32.2. The van der Waals surface area contributed by atoms with Crippen molar-refractivity contribution in [2.75, 3.05) is 5.75 Å². The van der Waals surface area contributed by atoms with Gasteiger partial charge in [0.25, 0.3) is 0 Å². The molecule has 3 rings (SSSR count). The molecular formula is C17H18N4OS. The number of benzene rings is 2. The van der Waals surface area contributed by atoms with Crippen molar-refractivity contribution in [2.24, 2.45) is 5.41 Å². The third kappa shape index (κ3) is 3.27. The summed E-state index contributed by atoms with van der Waals surface area (Å²) in [4.78, 5) is 12.1. The van der Waals surface area contributed by atoms with Gasteiger partial charge in [-0.2, -0.15) is 4.68 Å². The number of fused-ring (bicyclic) bond motifs is 1. The summed E-state index contributed by atoms with van der Waals surface area (Å²) in [6.45, 7) is 5.76. The molecule has 6 heteroatoms. The first-order chi connectivity index (χ1) is 11.0. The SMILES string of the molecule is CC(C)(C)C(=O)CSc1nnnn1-c1cccc2ccccc12. The molecule has 0 amide bonds. The van der Waals surface area contributed by atoms with Crippen LogP contribution in [0.2, 0.25) is 0 Å². The lowest BCUT2D eigenvalue weighted by molar-refractivity contribution is -0.123. The summed E-state index contributed by atoms with van der Waals surface area (Å²) in [5, 5.41) is 14.8. The summed E-state index contributed by atoms with van der Waals surface area (Å²) < 4.78 is 1.70. The largest absolute Gasteiger partial charge is 0.298 e. The van der Waals surface area contributed by atoms with Gasteiger partial charge in [-0.05, 0) is 21.9 Å². The Balaban J connectivity index is 1.93. The van der Waals surface area contributed by atoms with Crippen LogP contribution in [0, 0.1) is 5.41 Å². The number of aromatic nitrogens is 4. The van der Waals surface area contributed by atoms with Crippen molar-refractivity contribution in [1.82, 2.24) is 20.2 Å². The van der Waals surface area contributed by atoms with Gasteiger partial charge in [0.2, 0.25) is 5.16 Å². The summed E-state index contributed by atoms with van der Waals surface area (Å²) in [5.41, 5.74) is 0.559. The van der Waals surface area contributed by atoms with Gasteiger partial charge in [-0.1, -0.05) is 68.9 Å². The fraction of sp³-hybridized carbons (Fsp3) is 0.294. The highest BCUT2D eigenvalue weighted by Crippen LogP contribution is 2.26. The topological polar surface area (TPSA) is 60.7 Å². The van der Waals surface area contributed by atoms with Gasteiger partial charge < -0.3 is 0 Å². The third-order valence-corrected chi connectivity index (χ3v) is 4.52. The van der Waals surface area contributed by atoms with Crippen LogP contribution in [0.4, 0.5) is 0 Å². The van der Waals surface area contributed by atoms with E-state index in [0.717, 1.165) is 16.5 Å². The number of carbonyl (C=O) groups is 1. The molecule has 0 saturated carbocycles. The molecule has 5 nitrogen and oxygen atoms in total. The molecule has 0 N–H and O–H groups in total. The molecule has 1 heterocycles. The summed E-state index contributed by atoms with van der Waals surface area (Å²) in [5.74, 6) is 0.532. The average Bonchev–Trinajstić information content (AvgIpc) is 2.99. The van der Waals surface area contributed by atoms with E-state index in [1.165, 1.54) is 11.8 Å². The van der Waals surface area contributed by atoms with Crippen molar-refractivity contribution in [3.8, 4) is 5.69 Å². The number of nitrogens with zero attached hydrogens (tertiary/aromatic N) is 4. The zero-order valence-electron chi connectivity index (χ0n) is 13.4. The van der Waals surface area contributed by atoms with Crippen LogP contribution < -0.4 is 0 Å². The molecule has 0 saturated heterocycles. The zero-order valence-corrected chi connectivity index (χ0v) is 14.2. The second-order valence-electron chi connectivity index (χ2n) is 6.33. The lowest BCUT2D eigenvalue weighted by Gasteiger charge is -2.15. The monoisotopic (exact) mass is 326 g/mol. The molecule has 0 spiro atoms. The van der Waals surface area contributed by atoms with Gasteiger partial charge in [0, 0.05) is 10.8 Å². The van der Waals surface area contributed by atoms with Crippen molar-refractivity contribution in [1.29, 1.82) is 0 Å². The van der Waals surface area contributed by atoms with Crippen LogP contribution in [-0.4, -0.2) is 31.7 Å². The molecule has 0 atom stereocenters. The van der Waals surface area contributed by atoms with Crippen LogP contribution in [0.1, 0.15) is 20.8 Å². The van der Waals surface area contributed by atoms with Gasteiger partial charge in [-0.25, -0.2) is 0 Å². The quantitative estimate of drug-likeness (QED) is 0.687. The summed E-state index contributed by atoms with van der Waals surface area (Å²) >= 11 is 1.37. The van der Waals surface area contributed by atoms with E-state index in [2.05, 4.69) is 27.7 Å². The van der Waals surface area contributed by atoms with E-state index in [1.807, 2.05) is 51.1 Å². The van der Waals surface area contributed by atoms with Crippen molar-refractivity contribution in [2.45, 2.75) is 25.9 Å². The van der Waals surface area contributed by atoms with Gasteiger partial charge in [0.1, 0.15) is 5.78 Å². The Labute approximate surface area is 139 Å². The molecule has 118 valence electrons. The second-order valence-corrected chi connectivity index (χ2v) is 7.28. The number of ketones is 1. The van der Waals surface area contributed by atoms with E-state index in [0.29, 0.717) is 10.9 Å². The number of hydrogen-bond donors (Lipinski definition) is 0. The molecular weight excluding hydrogens is 308 g/mol. The molecule has 0 aliphatic heterocycles. The van der Waals surface area contributed by atoms with Crippen molar-refractivity contribution in [3.05, 3.63) is 42.5 Å². The zero-order chi connectivity index (χ0) is 16.4. The minimum atomic E-state index is -0.356. The van der Waals surface area contributed by atoms with E-state index >= 15 is 0 Å². The summed E-state index contributed by atoms with van der Waals surface area (Å²) in [6, 6.07) is 14.1. The average molecular weight is 326 g/mol. The van der Waals surface area contributed by atoms with E-state index < -0.39 is 0 Å². The van der Waals surface area contributed by atoms with Crippen LogP contribution >= 0.6 is 11.8 Å². The first-order valence-electron chi connectivity index (χ1n) is 7.39. The molecule has 0 aliphatic carbocycles. The molecule has 2 aromatic carbocycles. The van der Waals surface area contributed by atoms with Gasteiger partial charge in [-0.3, -0.25) is 4.79 Å². The van der Waals surface area contributed by atoms with Gasteiger partial charge in [0.05, 0.1) is 11.4 Å². The predicted molar refractivity (Wildman–Crippen MR) is 91.8 cm³/mol. The van der Waals surface area contributed by atoms with Crippen molar-refractivity contribution >= 4 is 28.3 Å². The smallest absolute Gasteiger partial charge is 0.214 e. The highest BCUT2D eigenvalue weighted by Gasteiger charge is 2.22. The Morgan fingerprint density at radius 1 is 1.13 bits per heavy atom. The minimum absolute atomic E-state index is 0.176. The maximum Gasteiger partial charge on any atom is 0.214 e. The van der Waals surface area contributed by atoms with E-state index in [1.54, 1.807) is 4.68 Å². The van der Waals surface area contributed by atoms with E-state index in [9.17, 15) is 4.79 Å². The molecule has 0 aliphatic rings. The van der Waals surface area contributed by atoms with Gasteiger partial charge in [-0.15, -0.1) is 5.10 Å². The molecule has 0 bridgehead atoms. The summed E-state index contributed by atoms with van der Waals surface area (Å²) in [6.07, 6.45) is 0. The predicted octanol–water partition coefficient (Wildman–Crippen LogP) is 3.52. The third-order valence-electron chi connectivity index (χ3n) is 3.60. The maximum atomic E-state index is 12.1. The highest BCUT2D eigenvalue weighted by molar-refractivity contribution is 7.99. The Hall–Kier alpha value is -2.21. The van der Waals surface area contributed by atoms with Gasteiger partial charge in [0.15, 0.2) is 0 Å². The number of rotatable bonds is 4.